The Morgan fingerprint density at radius 1 is 0.650 bits per heavy atom. The first kappa shape index (κ1) is 28.0. The van der Waals surface area contributed by atoms with Crippen molar-refractivity contribution in [3.8, 4) is 11.1 Å². The Morgan fingerprint density at radius 3 is 1.98 bits per heavy atom. The topological polar surface area (TPSA) is 92.2 Å². The number of halogens is 1. The molecule has 198 valence electrons. The fraction of sp³-hybridized carbons (Fsp3) is 0. The van der Waals surface area contributed by atoms with Crippen LogP contribution in [0.5, 0.6) is 0 Å². The summed E-state index contributed by atoms with van der Waals surface area (Å²) in [6, 6.07) is 41.0. The van der Waals surface area contributed by atoms with Crippen molar-refractivity contribution < 1.29 is 28.9 Å². The van der Waals surface area contributed by atoms with E-state index in [1.807, 2.05) is 23.1 Å². The lowest BCUT2D eigenvalue weighted by molar-refractivity contribution is -2.00. The Hall–Kier alpha value is -3.59. The fourth-order valence-electron chi connectivity index (χ4n) is 4.42. The normalized spacial score (nSPS) is 14.0. The largest absolute Gasteiger partial charge is 0.239 e. The molecule has 7 heteroatoms. The highest BCUT2D eigenvalue weighted by Gasteiger charge is 2.17. The Labute approximate surface area is 243 Å². The summed E-state index contributed by atoms with van der Waals surface area (Å²) in [5, 5.41) is 1.30. The maximum atomic E-state index is 8.49. The van der Waals surface area contributed by atoms with Crippen LogP contribution in [0, 0.1) is 10.2 Å². The van der Waals surface area contributed by atoms with E-state index >= 15 is 0 Å². The molecule has 1 aromatic heterocycles. The summed E-state index contributed by atoms with van der Waals surface area (Å²) in [5.74, 6) is 0. The molecule has 0 radical (unpaired) electrons. The molecular formula is C33H23ClO4S2. The summed E-state index contributed by atoms with van der Waals surface area (Å²) in [4.78, 5) is 3.79. The van der Waals surface area contributed by atoms with Crippen LogP contribution in [0.15, 0.2) is 143 Å². The van der Waals surface area contributed by atoms with Crippen LogP contribution >= 0.6 is 23.1 Å². The van der Waals surface area contributed by atoms with Crippen LogP contribution in [0.4, 0.5) is 0 Å². The Bertz CT molecular complexity index is 1700. The average molecular weight is 583 g/mol. The van der Waals surface area contributed by atoms with Gasteiger partial charge in [0, 0.05) is 39.0 Å². The zero-order chi connectivity index (χ0) is 28.0. The van der Waals surface area contributed by atoms with E-state index < -0.39 is 10.2 Å². The highest BCUT2D eigenvalue weighted by Crippen LogP contribution is 2.42. The zero-order valence-electron chi connectivity index (χ0n) is 21.1. The van der Waals surface area contributed by atoms with Gasteiger partial charge in [-0.2, -0.15) is 0 Å². The molecule has 5 aromatic rings. The Morgan fingerprint density at radius 2 is 1.25 bits per heavy atom. The van der Waals surface area contributed by atoms with Gasteiger partial charge in [-0.1, -0.05) is 109 Å². The molecule has 0 aliphatic carbocycles. The minimum atomic E-state index is -4.94. The van der Waals surface area contributed by atoms with E-state index in [-0.39, 0.29) is 0 Å². The molecule has 40 heavy (non-hydrogen) atoms. The molecule has 0 bridgehead atoms. The van der Waals surface area contributed by atoms with Gasteiger partial charge in [0.2, 0.25) is 20.9 Å². The number of rotatable bonds is 4. The van der Waals surface area contributed by atoms with Crippen LogP contribution in [0.3, 0.4) is 0 Å². The maximum absolute atomic E-state index is 8.49. The minimum Gasteiger partial charge on any atom is -0.222 e. The van der Waals surface area contributed by atoms with Crippen LogP contribution < -0.4 is 18.6 Å². The second-order valence-corrected chi connectivity index (χ2v) is 11.7. The lowest BCUT2D eigenvalue weighted by atomic mass is 9.97. The van der Waals surface area contributed by atoms with Crippen molar-refractivity contribution in [2.75, 3.05) is 0 Å². The lowest BCUT2D eigenvalue weighted by Crippen LogP contribution is -2.68. The molecule has 0 spiro atoms. The molecule has 0 amide bonds. The number of fused-ring (bicyclic) bond motifs is 2. The predicted octanol–water partition coefficient (Wildman–Crippen LogP) is 5.23. The summed E-state index contributed by atoms with van der Waals surface area (Å²) in [6.07, 6.45) is 8.96. The second-order valence-electron chi connectivity index (χ2n) is 8.75. The number of hydrogen-bond donors (Lipinski definition) is 0. The quantitative estimate of drug-likeness (QED) is 0.271. The van der Waals surface area contributed by atoms with E-state index in [1.54, 1.807) is 0 Å². The predicted molar refractivity (Wildman–Crippen MR) is 155 cm³/mol. The van der Waals surface area contributed by atoms with Crippen LogP contribution in [-0.4, -0.2) is 0 Å². The summed E-state index contributed by atoms with van der Waals surface area (Å²) in [7, 11) is -4.94. The first-order chi connectivity index (χ1) is 19.3. The number of allylic oxidation sites excluding steroid dienone is 3. The molecule has 0 saturated carbocycles. The van der Waals surface area contributed by atoms with Crippen molar-refractivity contribution in [1.82, 2.24) is 0 Å². The van der Waals surface area contributed by atoms with Crippen molar-refractivity contribution >= 4 is 44.8 Å². The lowest BCUT2D eigenvalue weighted by Gasteiger charge is -2.19. The van der Waals surface area contributed by atoms with Crippen molar-refractivity contribution in [3.63, 3.8) is 0 Å². The third-order valence-corrected chi connectivity index (χ3v) is 8.20. The molecule has 0 atom stereocenters. The highest BCUT2D eigenvalue weighted by molar-refractivity contribution is 8.03. The summed E-state index contributed by atoms with van der Waals surface area (Å²) >= 11 is 3.66. The fourth-order valence-corrected chi connectivity index (χ4v) is 6.45. The van der Waals surface area contributed by atoms with Gasteiger partial charge in [0.15, 0.2) is 0 Å². The Balaban J connectivity index is 0.000000595. The van der Waals surface area contributed by atoms with Gasteiger partial charge in [0.1, 0.15) is 0 Å². The van der Waals surface area contributed by atoms with Crippen LogP contribution in [0.25, 0.3) is 32.9 Å². The SMILES string of the molecule is C1=C(c2ccccc2)c2ccccc2S/C1=C\C=C/c1cc(-c2ccccc2)c2ccccc2[s+]1.[O-][Cl+3]([O-])([O-])[O-]. The van der Waals surface area contributed by atoms with Gasteiger partial charge in [0.05, 0.1) is 0 Å². The monoisotopic (exact) mass is 582 g/mol. The third-order valence-electron chi connectivity index (χ3n) is 6.07. The van der Waals surface area contributed by atoms with Crippen LogP contribution in [0.1, 0.15) is 16.0 Å². The minimum absolute atomic E-state index is 1.24. The first-order valence-corrected chi connectivity index (χ1v) is 15.2. The number of hydrogen-bond acceptors (Lipinski definition) is 5. The molecule has 0 saturated heterocycles. The molecule has 4 nitrogen and oxygen atoms in total. The van der Waals surface area contributed by atoms with Gasteiger partial charge in [-0.3, -0.25) is 0 Å². The molecule has 6 rings (SSSR count). The number of thioether (sulfide) groups is 1. The van der Waals surface area contributed by atoms with E-state index in [0.29, 0.717) is 0 Å². The van der Waals surface area contributed by atoms with E-state index in [2.05, 4.69) is 140 Å². The maximum Gasteiger partial charge on any atom is 0.239 e. The molecule has 1 aliphatic rings. The summed E-state index contributed by atoms with van der Waals surface area (Å²) < 4.78 is 35.3. The second kappa shape index (κ2) is 12.7. The standard InChI is InChI=1S/C33H23S2.ClHO4/c1-3-12-24(13-4-1)30-22-26(34-32-20-9-7-18-28(30)32)16-11-17-27-23-31(25-14-5-2-6-15-25)29-19-8-10-21-33(29)35-27;2-1(3,4)5/h1-23H;(H,2,3,4,5)/q+1;/p-1. The van der Waals surface area contributed by atoms with E-state index in [9.17, 15) is 0 Å². The van der Waals surface area contributed by atoms with E-state index in [4.69, 9.17) is 18.6 Å². The van der Waals surface area contributed by atoms with E-state index in [0.717, 1.165) is 0 Å². The summed E-state index contributed by atoms with van der Waals surface area (Å²) in [5.41, 5.74) is 6.35. The van der Waals surface area contributed by atoms with Gasteiger partial charge in [-0.15, -0.1) is 10.2 Å². The molecule has 0 unspecified atom stereocenters. The van der Waals surface area contributed by atoms with Crippen LogP contribution in [0.2, 0.25) is 0 Å². The van der Waals surface area contributed by atoms with Gasteiger partial charge in [-0.05, 0) is 46.5 Å². The smallest absolute Gasteiger partial charge is 0.222 e. The number of benzene rings is 4. The molecular weight excluding hydrogens is 560 g/mol. The van der Waals surface area contributed by atoms with Crippen LogP contribution in [-0.2, 0) is 0 Å². The molecule has 0 N–H and O–H groups in total. The zero-order valence-corrected chi connectivity index (χ0v) is 23.5. The van der Waals surface area contributed by atoms with E-state index in [1.165, 1.54) is 52.6 Å². The van der Waals surface area contributed by atoms with Gasteiger partial charge in [-0.25, -0.2) is 18.6 Å². The van der Waals surface area contributed by atoms with Crippen molar-refractivity contribution in [2.45, 2.75) is 4.90 Å². The van der Waals surface area contributed by atoms with Crippen molar-refractivity contribution in [3.05, 3.63) is 154 Å². The van der Waals surface area contributed by atoms with Gasteiger partial charge >= 0.3 is 0 Å². The average Bonchev–Trinajstić information content (AvgIpc) is 2.96. The molecule has 4 aromatic carbocycles. The highest BCUT2D eigenvalue weighted by atomic mass is 35.7. The van der Waals surface area contributed by atoms with Crippen molar-refractivity contribution in [1.29, 1.82) is 0 Å². The Kier molecular flexibility index (Phi) is 8.89. The van der Waals surface area contributed by atoms with Gasteiger partial charge < -0.3 is 0 Å². The first-order valence-electron chi connectivity index (χ1n) is 12.3. The molecule has 1 aliphatic heterocycles. The molecule has 0 fully saturated rings. The van der Waals surface area contributed by atoms with Gasteiger partial charge in [0.25, 0.3) is 0 Å². The molecule has 2 heterocycles. The summed E-state index contributed by atoms with van der Waals surface area (Å²) in [6.45, 7) is 0. The third kappa shape index (κ3) is 7.33. The van der Waals surface area contributed by atoms with Crippen molar-refractivity contribution in [2.24, 2.45) is 0 Å².